The molecule has 0 saturated carbocycles. The molecule has 35 heavy (non-hydrogen) atoms. The van der Waals surface area contributed by atoms with E-state index in [0.717, 1.165) is 11.1 Å². The van der Waals surface area contributed by atoms with E-state index >= 15 is 0 Å². The number of rotatable bonds is 5. The summed E-state index contributed by atoms with van der Waals surface area (Å²) in [4.78, 5) is 36.2. The molecule has 174 valence electrons. The maximum atomic E-state index is 13.8. The van der Waals surface area contributed by atoms with Crippen LogP contribution >= 0.6 is 11.3 Å². The van der Waals surface area contributed by atoms with Crippen LogP contribution in [0, 0.1) is 5.82 Å². The summed E-state index contributed by atoms with van der Waals surface area (Å²) >= 11 is 1.23. The molecule has 4 aromatic rings. The largest absolute Gasteiger partial charge is 0.463 e. The fourth-order valence-corrected chi connectivity index (χ4v) is 5.01. The lowest BCUT2D eigenvalue weighted by molar-refractivity contribution is -0.138. The first kappa shape index (κ1) is 22.6. The Hall–Kier alpha value is -4.17. The van der Waals surface area contributed by atoms with Crippen LogP contribution in [0.4, 0.5) is 4.39 Å². The molecule has 0 amide bonds. The number of hydrogen-bond donors (Lipinski definition) is 0. The third-order valence-corrected chi connectivity index (χ3v) is 6.55. The van der Waals surface area contributed by atoms with Crippen LogP contribution in [0.5, 0.6) is 0 Å². The second-order valence-corrected chi connectivity index (χ2v) is 8.77. The topological polar surface area (TPSA) is 73.6 Å². The Labute approximate surface area is 204 Å². The number of aromatic nitrogens is 2. The van der Waals surface area contributed by atoms with Gasteiger partial charge in [-0.05, 0) is 48.4 Å². The highest BCUT2D eigenvalue weighted by Crippen LogP contribution is 2.35. The zero-order valence-corrected chi connectivity index (χ0v) is 19.5. The summed E-state index contributed by atoms with van der Waals surface area (Å²) < 4.78 is 21.2. The van der Waals surface area contributed by atoms with Gasteiger partial charge in [0.25, 0.3) is 5.56 Å². The number of carbonyl (C=O) groups is 1. The second kappa shape index (κ2) is 9.60. The van der Waals surface area contributed by atoms with Gasteiger partial charge in [-0.3, -0.25) is 14.3 Å². The van der Waals surface area contributed by atoms with E-state index in [2.05, 4.69) is 4.98 Å². The molecule has 5 rings (SSSR count). The van der Waals surface area contributed by atoms with E-state index in [1.807, 2.05) is 30.3 Å². The smallest absolute Gasteiger partial charge is 0.338 e. The maximum absolute atomic E-state index is 13.8. The third kappa shape index (κ3) is 4.36. The minimum absolute atomic E-state index is 0.160. The van der Waals surface area contributed by atoms with Crippen LogP contribution in [-0.2, 0) is 9.53 Å². The SMILES string of the molecule is CCOC(=O)C1=C(c2ccccc2)N=c2s/c(=C\c3ccncc3)c(=O)n2[C@@H]1c1ccc(F)cc1. The number of halogens is 1. The molecule has 1 aliphatic rings. The van der Waals surface area contributed by atoms with Gasteiger partial charge in [0, 0.05) is 18.0 Å². The average molecular weight is 486 g/mol. The van der Waals surface area contributed by atoms with Crippen molar-refractivity contribution in [3.63, 3.8) is 0 Å². The Morgan fingerprint density at radius 3 is 2.49 bits per heavy atom. The number of nitrogens with zero attached hydrogens (tertiary/aromatic N) is 3. The molecule has 0 unspecified atom stereocenters. The highest BCUT2D eigenvalue weighted by atomic mass is 32.1. The van der Waals surface area contributed by atoms with Gasteiger partial charge < -0.3 is 4.74 Å². The van der Waals surface area contributed by atoms with Crippen molar-refractivity contribution in [2.45, 2.75) is 13.0 Å². The lowest BCUT2D eigenvalue weighted by Gasteiger charge is -2.25. The highest BCUT2D eigenvalue weighted by Gasteiger charge is 2.35. The van der Waals surface area contributed by atoms with Crippen LogP contribution in [0.25, 0.3) is 11.8 Å². The Bertz CT molecular complexity index is 1590. The van der Waals surface area contributed by atoms with Gasteiger partial charge in [0.2, 0.25) is 0 Å². The molecule has 6 nitrogen and oxygen atoms in total. The first-order valence-corrected chi connectivity index (χ1v) is 11.8. The number of carbonyl (C=O) groups excluding carboxylic acids is 1. The molecule has 2 aromatic carbocycles. The monoisotopic (exact) mass is 485 g/mol. The zero-order valence-electron chi connectivity index (χ0n) is 18.7. The molecule has 3 heterocycles. The molecular weight excluding hydrogens is 465 g/mol. The number of esters is 1. The van der Waals surface area contributed by atoms with Gasteiger partial charge in [0.15, 0.2) is 4.80 Å². The summed E-state index contributed by atoms with van der Waals surface area (Å²) in [5.41, 5.74) is 2.47. The van der Waals surface area contributed by atoms with Gasteiger partial charge in [-0.25, -0.2) is 14.2 Å². The van der Waals surface area contributed by atoms with Crippen LogP contribution in [0.3, 0.4) is 0 Å². The highest BCUT2D eigenvalue weighted by molar-refractivity contribution is 7.07. The molecule has 0 saturated heterocycles. The Morgan fingerprint density at radius 1 is 1.09 bits per heavy atom. The molecular formula is C27H20FN3O3S. The van der Waals surface area contributed by atoms with E-state index in [1.54, 1.807) is 49.7 Å². The van der Waals surface area contributed by atoms with Gasteiger partial charge in [0.05, 0.1) is 28.5 Å². The summed E-state index contributed by atoms with van der Waals surface area (Å²) in [7, 11) is 0. The Morgan fingerprint density at radius 2 is 1.80 bits per heavy atom. The van der Waals surface area contributed by atoms with Crippen molar-refractivity contribution in [2.75, 3.05) is 6.61 Å². The van der Waals surface area contributed by atoms with E-state index in [0.29, 0.717) is 20.6 Å². The van der Waals surface area contributed by atoms with Gasteiger partial charge in [0.1, 0.15) is 5.82 Å². The Balaban J connectivity index is 1.84. The van der Waals surface area contributed by atoms with E-state index in [-0.39, 0.29) is 17.7 Å². The zero-order chi connectivity index (χ0) is 24.4. The predicted molar refractivity (Wildman–Crippen MR) is 132 cm³/mol. The minimum Gasteiger partial charge on any atom is -0.463 e. The van der Waals surface area contributed by atoms with E-state index in [4.69, 9.17) is 9.73 Å². The molecule has 8 heteroatoms. The number of fused-ring (bicyclic) bond motifs is 1. The number of thiazole rings is 1. The second-order valence-electron chi connectivity index (χ2n) is 7.76. The first-order valence-electron chi connectivity index (χ1n) is 11.0. The third-order valence-electron chi connectivity index (χ3n) is 5.56. The van der Waals surface area contributed by atoms with Crippen molar-refractivity contribution >= 4 is 29.1 Å². The summed E-state index contributed by atoms with van der Waals surface area (Å²) in [6.07, 6.45) is 5.07. The molecule has 1 atom stereocenters. The Kier molecular flexibility index (Phi) is 6.20. The fourth-order valence-electron chi connectivity index (χ4n) is 4.01. The number of benzene rings is 2. The molecule has 2 aromatic heterocycles. The van der Waals surface area contributed by atoms with Crippen LogP contribution in [0.2, 0.25) is 0 Å². The molecule has 0 spiro atoms. The lowest BCUT2D eigenvalue weighted by Crippen LogP contribution is -2.40. The van der Waals surface area contributed by atoms with Crippen molar-refractivity contribution in [2.24, 2.45) is 4.99 Å². The standard InChI is InChI=1S/C27H20FN3O3S/c1-2-34-26(33)22-23(18-6-4-3-5-7-18)30-27-31(24(22)19-8-10-20(28)11-9-19)25(32)21(35-27)16-17-12-14-29-15-13-17/h3-16,24H,2H2,1H3/b21-16-/t24-/m1/s1. The van der Waals surface area contributed by atoms with Crippen molar-refractivity contribution in [1.29, 1.82) is 0 Å². The summed E-state index contributed by atoms with van der Waals surface area (Å²) in [6, 6.07) is 17.8. The van der Waals surface area contributed by atoms with E-state index in [1.165, 1.54) is 28.0 Å². The minimum atomic E-state index is -0.833. The molecule has 1 aliphatic heterocycles. The lowest BCUT2D eigenvalue weighted by atomic mass is 9.93. The van der Waals surface area contributed by atoms with Gasteiger partial charge in [-0.15, -0.1) is 0 Å². The molecule has 0 bridgehead atoms. The van der Waals surface area contributed by atoms with Crippen molar-refractivity contribution in [3.8, 4) is 0 Å². The van der Waals surface area contributed by atoms with Crippen LogP contribution < -0.4 is 14.9 Å². The summed E-state index contributed by atoms with van der Waals surface area (Å²) in [6.45, 7) is 1.88. The molecule has 0 aliphatic carbocycles. The molecule has 0 fully saturated rings. The van der Waals surface area contributed by atoms with Crippen molar-refractivity contribution < 1.29 is 13.9 Å². The van der Waals surface area contributed by atoms with Gasteiger partial charge in [-0.2, -0.15) is 0 Å². The molecule has 0 N–H and O–H groups in total. The first-order chi connectivity index (χ1) is 17.1. The quantitative estimate of drug-likeness (QED) is 0.406. The number of ether oxygens (including phenoxy) is 1. The normalized spacial score (nSPS) is 15.5. The average Bonchev–Trinajstić information content (AvgIpc) is 3.19. The summed E-state index contributed by atoms with van der Waals surface area (Å²) in [5, 5.41) is 0. The number of pyridine rings is 1. The van der Waals surface area contributed by atoms with Crippen molar-refractivity contribution in [3.05, 3.63) is 127 Å². The van der Waals surface area contributed by atoms with Crippen LogP contribution in [0.1, 0.15) is 29.7 Å². The van der Waals surface area contributed by atoms with E-state index in [9.17, 15) is 14.0 Å². The van der Waals surface area contributed by atoms with Crippen molar-refractivity contribution in [1.82, 2.24) is 9.55 Å². The fraction of sp³-hybridized carbons (Fsp3) is 0.111. The van der Waals surface area contributed by atoms with Gasteiger partial charge in [-0.1, -0.05) is 53.8 Å². The van der Waals surface area contributed by atoms with Crippen LogP contribution in [0.15, 0.2) is 94.5 Å². The number of hydrogen-bond acceptors (Lipinski definition) is 6. The van der Waals surface area contributed by atoms with E-state index < -0.39 is 17.8 Å². The van der Waals surface area contributed by atoms with Gasteiger partial charge >= 0.3 is 5.97 Å². The molecule has 0 radical (unpaired) electrons. The maximum Gasteiger partial charge on any atom is 0.338 e. The predicted octanol–water partition coefficient (Wildman–Crippen LogP) is 3.47. The van der Waals surface area contributed by atoms with Crippen LogP contribution in [-0.4, -0.2) is 22.1 Å². The summed E-state index contributed by atoms with van der Waals surface area (Å²) in [5.74, 6) is -0.989.